The molecule has 3 heterocycles. The molecule has 8 nitrogen and oxygen atoms in total. The molecule has 3 aromatic rings. The van der Waals surface area contributed by atoms with Gasteiger partial charge in [0.15, 0.2) is 0 Å². The third kappa shape index (κ3) is 4.32. The fraction of sp³-hybridized carbons (Fsp3) is 0.227. The summed E-state index contributed by atoms with van der Waals surface area (Å²) in [5.74, 6) is -4.44. The predicted octanol–water partition coefficient (Wildman–Crippen LogP) is 2.86. The minimum Gasteiger partial charge on any atom is -0.353 e. The number of likely N-dealkylation sites (tertiary alicyclic amines) is 1. The van der Waals surface area contributed by atoms with E-state index in [4.69, 9.17) is 5.26 Å². The standard InChI is InChI=1S/C22H18F2N6O2/c23-22(24)9-14(10-25)30(13-22)20(31)12-28-21(32)16-5-7-26-11-19(16)29-18-6-8-27-17-4-2-1-3-15(17)18/h1-8,11,14H,9,12-13H2,(H,27,29)(H,28,32)/t14-/m0/s1. The number of rotatable bonds is 5. The molecule has 4 rings (SSSR count). The fourth-order valence-corrected chi connectivity index (χ4v) is 3.59. The van der Waals surface area contributed by atoms with Gasteiger partial charge in [0, 0.05) is 29.9 Å². The van der Waals surface area contributed by atoms with Crippen molar-refractivity contribution in [1.29, 1.82) is 5.26 Å². The fourth-order valence-electron chi connectivity index (χ4n) is 3.59. The first kappa shape index (κ1) is 21.1. The van der Waals surface area contributed by atoms with Crippen LogP contribution < -0.4 is 10.6 Å². The highest BCUT2D eigenvalue weighted by Gasteiger charge is 2.47. The van der Waals surface area contributed by atoms with Gasteiger partial charge in [-0.15, -0.1) is 0 Å². The third-order valence-electron chi connectivity index (χ3n) is 5.12. The number of hydrogen-bond donors (Lipinski definition) is 2. The molecule has 0 unspecified atom stereocenters. The van der Waals surface area contributed by atoms with Crippen molar-refractivity contribution in [3.8, 4) is 6.07 Å². The minimum absolute atomic E-state index is 0.220. The Morgan fingerprint density at radius 3 is 2.81 bits per heavy atom. The van der Waals surface area contributed by atoms with Gasteiger partial charge in [-0.1, -0.05) is 18.2 Å². The maximum Gasteiger partial charge on any atom is 0.268 e. The van der Waals surface area contributed by atoms with Gasteiger partial charge in [0.05, 0.1) is 42.1 Å². The lowest BCUT2D eigenvalue weighted by atomic mass is 10.1. The average Bonchev–Trinajstić information content (AvgIpc) is 3.12. The van der Waals surface area contributed by atoms with Crippen LogP contribution in [-0.2, 0) is 4.79 Å². The van der Waals surface area contributed by atoms with Crippen molar-refractivity contribution in [3.05, 3.63) is 60.6 Å². The highest BCUT2D eigenvalue weighted by atomic mass is 19.3. The third-order valence-corrected chi connectivity index (χ3v) is 5.12. The van der Waals surface area contributed by atoms with Gasteiger partial charge >= 0.3 is 0 Å². The van der Waals surface area contributed by atoms with Crippen molar-refractivity contribution in [2.75, 3.05) is 18.4 Å². The Labute approximate surface area is 181 Å². The lowest BCUT2D eigenvalue weighted by Gasteiger charge is -2.19. The zero-order valence-corrected chi connectivity index (χ0v) is 16.8. The molecule has 0 aliphatic carbocycles. The predicted molar refractivity (Wildman–Crippen MR) is 112 cm³/mol. The number of anilines is 2. The SMILES string of the molecule is N#C[C@@H]1CC(F)(F)CN1C(=O)CNC(=O)c1ccncc1Nc1ccnc2ccccc12. The van der Waals surface area contributed by atoms with Crippen LogP contribution in [0.15, 0.2) is 55.0 Å². The van der Waals surface area contributed by atoms with Crippen LogP contribution in [0.25, 0.3) is 10.9 Å². The number of fused-ring (bicyclic) bond motifs is 1. The van der Waals surface area contributed by atoms with Gasteiger partial charge in [0.25, 0.3) is 11.8 Å². The Bertz CT molecular complexity index is 1220. The summed E-state index contributed by atoms with van der Waals surface area (Å²) in [6.45, 7) is -1.34. The monoisotopic (exact) mass is 436 g/mol. The molecular formula is C22H18F2N6O2. The van der Waals surface area contributed by atoms with Crippen LogP contribution in [0.1, 0.15) is 16.8 Å². The van der Waals surface area contributed by atoms with E-state index in [1.807, 2.05) is 24.3 Å². The van der Waals surface area contributed by atoms with Gasteiger partial charge in [-0.2, -0.15) is 5.26 Å². The van der Waals surface area contributed by atoms with E-state index in [1.165, 1.54) is 18.5 Å². The van der Waals surface area contributed by atoms with Crippen LogP contribution >= 0.6 is 0 Å². The number of nitrogens with one attached hydrogen (secondary N) is 2. The van der Waals surface area contributed by atoms with Crippen molar-refractivity contribution in [2.45, 2.75) is 18.4 Å². The molecule has 1 atom stereocenters. The average molecular weight is 436 g/mol. The topological polar surface area (TPSA) is 111 Å². The zero-order valence-electron chi connectivity index (χ0n) is 16.8. The maximum absolute atomic E-state index is 13.6. The second-order valence-electron chi connectivity index (χ2n) is 7.33. The van der Waals surface area contributed by atoms with E-state index >= 15 is 0 Å². The van der Waals surface area contributed by atoms with Gasteiger partial charge in [-0.25, -0.2) is 8.78 Å². The number of pyridine rings is 2. The number of carbonyl (C=O) groups is 2. The number of carbonyl (C=O) groups excluding carboxylic acids is 2. The number of nitriles is 1. The second-order valence-corrected chi connectivity index (χ2v) is 7.33. The normalized spacial score (nSPS) is 17.0. The first-order valence-corrected chi connectivity index (χ1v) is 9.78. The van der Waals surface area contributed by atoms with Crippen LogP contribution in [0.5, 0.6) is 0 Å². The smallest absolute Gasteiger partial charge is 0.268 e. The van der Waals surface area contributed by atoms with Gasteiger partial charge in [0.1, 0.15) is 6.04 Å². The molecule has 0 radical (unpaired) electrons. The number of amides is 2. The van der Waals surface area contributed by atoms with Crippen molar-refractivity contribution in [1.82, 2.24) is 20.2 Å². The van der Waals surface area contributed by atoms with Gasteiger partial charge in [-0.05, 0) is 18.2 Å². The summed E-state index contributed by atoms with van der Waals surface area (Å²) in [6.07, 6.45) is 3.83. The van der Waals surface area contributed by atoms with Crippen molar-refractivity contribution < 1.29 is 18.4 Å². The Morgan fingerprint density at radius 1 is 1.19 bits per heavy atom. The van der Waals surface area contributed by atoms with Crippen molar-refractivity contribution >= 4 is 34.1 Å². The van der Waals surface area contributed by atoms with Crippen LogP contribution in [0.3, 0.4) is 0 Å². The Hall–Kier alpha value is -4.13. The van der Waals surface area contributed by atoms with Gasteiger partial charge in [-0.3, -0.25) is 19.6 Å². The van der Waals surface area contributed by atoms with Gasteiger partial charge in [0.2, 0.25) is 5.91 Å². The quantitative estimate of drug-likeness (QED) is 0.636. The summed E-state index contributed by atoms with van der Waals surface area (Å²) < 4.78 is 27.1. The highest BCUT2D eigenvalue weighted by molar-refractivity contribution is 6.03. The van der Waals surface area contributed by atoms with E-state index < -0.39 is 43.3 Å². The van der Waals surface area contributed by atoms with E-state index in [0.29, 0.717) is 11.4 Å². The van der Waals surface area contributed by atoms with Crippen LogP contribution in [0.4, 0.5) is 20.2 Å². The zero-order chi connectivity index (χ0) is 22.7. The van der Waals surface area contributed by atoms with Crippen LogP contribution in [0.2, 0.25) is 0 Å². The molecule has 1 aliphatic heterocycles. The summed E-state index contributed by atoms with van der Waals surface area (Å²) in [4.78, 5) is 34.2. The number of alkyl halides is 2. The molecule has 1 fully saturated rings. The molecule has 0 spiro atoms. The molecule has 162 valence electrons. The minimum atomic E-state index is -3.12. The lowest BCUT2D eigenvalue weighted by molar-refractivity contribution is -0.131. The largest absolute Gasteiger partial charge is 0.353 e. The molecule has 2 N–H and O–H groups in total. The van der Waals surface area contributed by atoms with Crippen LogP contribution in [0, 0.1) is 11.3 Å². The number of hydrogen-bond acceptors (Lipinski definition) is 6. The molecule has 32 heavy (non-hydrogen) atoms. The van der Waals surface area contributed by atoms with E-state index in [0.717, 1.165) is 15.8 Å². The first-order chi connectivity index (χ1) is 15.4. The summed E-state index contributed by atoms with van der Waals surface area (Å²) in [5.41, 5.74) is 2.10. The van der Waals surface area contributed by atoms with Crippen molar-refractivity contribution in [3.63, 3.8) is 0 Å². The molecule has 0 saturated carbocycles. The van der Waals surface area contributed by atoms with Gasteiger partial charge < -0.3 is 15.5 Å². The van der Waals surface area contributed by atoms with E-state index in [-0.39, 0.29) is 5.56 Å². The molecule has 2 aromatic heterocycles. The van der Waals surface area contributed by atoms with E-state index in [1.54, 1.807) is 18.3 Å². The lowest BCUT2D eigenvalue weighted by Crippen LogP contribution is -2.43. The Kier molecular flexibility index (Phi) is 5.64. The van der Waals surface area contributed by atoms with E-state index in [2.05, 4.69) is 20.6 Å². The van der Waals surface area contributed by atoms with E-state index in [9.17, 15) is 18.4 Å². The number of nitrogens with zero attached hydrogens (tertiary/aromatic N) is 4. The number of aromatic nitrogens is 2. The Balaban J connectivity index is 1.48. The maximum atomic E-state index is 13.6. The first-order valence-electron chi connectivity index (χ1n) is 9.78. The highest BCUT2D eigenvalue weighted by Crippen LogP contribution is 2.31. The molecule has 10 heteroatoms. The molecule has 0 bridgehead atoms. The molecule has 1 aliphatic rings. The summed E-state index contributed by atoms with van der Waals surface area (Å²) in [6, 6.07) is 11.2. The van der Waals surface area contributed by atoms with Crippen molar-refractivity contribution in [2.24, 2.45) is 0 Å². The summed E-state index contributed by atoms with van der Waals surface area (Å²) >= 11 is 0. The molecule has 1 aromatic carbocycles. The summed E-state index contributed by atoms with van der Waals surface area (Å²) in [5, 5.41) is 15.5. The Morgan fingerprint density at radius 2 is 2.00 bits per heavy atom. The van der Waals surface area contributed by atoms with Crippen LogP contribution in [-0.4, -0.2) is 51.7 Å². The summed E-state index contributed by atoms with van der Waals surface area (Å²) in [7, 11) is 0. The number of halogens is 2. The molecular weight excluding hydrogens is 418 g/mol. The number of para-hydroxylation sites is 1. The number of benzene rings is 1. The molecule has 1 saturated heterocycles. The second kappa shape index (κ2) is 8.55. The molecule has 2 amide bonds.